The fraction of sp³-hybridized carbons (Fsp3) is 0.286. The number of nitrogens with zero attached hydrogens (tertiary/aromatic N) is 2. The van der Waals surface area contributed by atoms with Gasteiger partial charge in [0.15, 0.2) is 11.5 Å². The summed E-state index contributed by atoms with van der Waals surface area (Å²) in [7, 11) is 1.82. The van der Waals surface area contributed by atoms with Gasteiger partial charge >= 0.3 is 0 Å². The van der Waals surface area contributed by atoms with E-state index in [9.17, 15) is 0 Å². The van der Waals surface area contributed by atoms with Crippen LogP contribution in [0.4, 0.5) is 5.82 Å². The maximum absolute atomic E-state index is 5.60. The van der Waals surface area contributed by atoms with Crippen molar-refractivity contribution in [3.63, 3.8) is 0 Å². The second-order valence-electron chi connectivity index (χ2n) is 4.36. The number of hydrogen-bond acceptors (Lipinski definition) is 5. The van der Waals surface area contributed by atoms with Crippen molar-refractivity contribution in [1.29, 1.82) is 0 Å². The van der Waals surface area contributed by atoms with Gasteiger partial charge in [0.25, 0.3) is 0 Å². The molecule has 3 rings (SSSR count). The Morgan fingerprint density at radius 2 is 1.79 bits per heavy atom. The number of benzene rings is 1. The molecule has 0 saturated heterocycles. The van der Waals surface area contributed by atoms with E-state index < -0.39 is 0 Å². The van der Waals surface area contributed by atoms with Crippen LogP contribution in [0.1, 0.15) is 5.56 Å². The van der Waals surface area contributed by atoms with Crippen LogP contribution in [0.3, 0.4) is 0 Å². The van der Waals surface area contributed by atoms with Crippen molar-refractivity contribution >= 4 is 5.82 Å². The lowest BCUT2D eigenvalue weighted by atomic mass is 10.0. The maximum Gasteiger partial charge on any atom is 0.162 e. The molecule has 1 aromatic carbocycles. The molecule has 0 radical (unpaired) electrons. The lowest BCUT2D eigenvalue weighted by Gasteiger charge is -2.20. The predicted octanol–water partition coefficient (Wildman–Crippen LogP) is 2.26. The van der Waals surface area contributed by atoms with Gasteiger partial charge in [-0.3, -0.25) is 0 Å². The molecule has 1 N–H and O–H groups in total. The second-order valence-corrected chi connectivity index (χ2v) is 4.36. The van der Waals surface area contributed by atoms with Crippen LogP contribution in [0.25, 0.3) is 11.3 Å². The normalized spacial score (nSPS) is 13.2. The summed E-state index contributed by atoms with van der Waals surface area (Å²) in [5, 5.41) is 11.3. The van der Waals surface area contributed by atoms with Crippen molar-refractivity contribution in [2.45, 2.75) is 6.92 Å². The summed E-state index contributed by atoms with van der Waals surface area (Å²) < 4.78 is 11.2. The maximum atomic E-state index is 5.60. The van der Waals surface area contributed by atoms with Crippen molar-refractivity contribution in [1.82, 2.24) is 10.2 Å². The van der Waals surface area contributed by atoms with Crippen LogP contribution in [0.5, 0.6) is 11.5 Å². The average molecular weight is 257 g/mol. The smallest absolute Gasteiger partial charge is 0.162 e. The Labute approximate surface area is 111 Å². The minimum atomic E-state index is 0.583. The molecule has 1 aromatic heterocycles. The molecule has 2 heterocycles. The Bertz CT molecular complexity index is 596. The summed E-state index contributed by atoms with van der Waals surface area (Å²) >= 11 is 0. The number of hydrogen-bond donors (Lipinski definition) is 1. The highest BCUT2D eigenvalue weighted by Gasteiger charge is 2.15. The molecule has 0 bridgehead atoms. The van der Waals surface area contributed by atoms with Crippen molar-refractivity contribution in [3.05, 3.63) is 29.8 Å². The monoisotopic (exact) mass is 257 g/mol. The van der Waals surface area contributed by atoms with Gasteiger partial charge in [0.05, 0.1) is 5.69 Å². The van der Waals surface area contributed by atoms with E-state index in [1.165, 1.54) is 0 Å². The van der Waals surface area contributed by atoms with Crippen molar-refractivity contribution in [3.8, 4) is 22.8 Å². The van der Waals surface area contributed by atoms with Gasteiger partial charge in [0.1, 0.15) is 19.0 Å². The molecule has 1 aliphatic rings. The summed E-state index contributed by atoms with van der Waals surface area (Å²) in [4.78, 5) is 0. The lowest BCUT2D eigenvalue weighted by Crippen LogP contribution is -2.15. The molecule has 0 atom stereocenters. The summed E-state index contributed by atoms with van der Waals surface area (Å²) in [5.41, 5.74) is 2.93. The highest BCUT2D eigenvalue weighted by Crippen LogP contribution is 2.36. The van der Waals surface area contributed by atoms with Crippen LogP contribution >= 0.6 is 0 Å². The number of anilines is 1. The molecule has 1 aliphatic heterocycles. The van der Waals surface area contributed by atoms with E-state index >= 15 is 0 Å². The van der Waals surface area contributed by atoms with Crippen LogP contribution in [0, 0.1) is 6.92 Å². The first-order valence-electron chi connectivity index (χ1n) is 6.20. The predicted molar refractivity (Wildman–Crippen MR) is 72.7 cm³/mol. The number of nitrogens with one attached hydrogen (secondary N) is 1. The number of ether oxygens (including phenoxy) is 2. The van der Waals surface area contributed by atoms with E-state index in [0.717, 1.165) is 34.1 Å². The molecular formula is C14H15N3O2. The summed E-state index contributed by atoms with van der Waals surface area (Å²) in [6, 6.07) is 7.79. The summed E-state index contributed by atoms with van der Waals surface area (Å²) in [6.45, 7) is 3.21. The molecule has 2 aromatic rings. The van der Waals surface area contributed by atoms with E-state index in [2.05, 4.69) is 15.5 Å². The van der Waals surface area contributed by atoms with Crippen molar-refractivity contribution in [2.75, 3.05) is 25.6 Å². The van der Waals surface area contributed by atoms with E-state index in [-0.39, 0.29) is 0 Å². The minimum absolute atomic E-state index is 0.583. The van der Waals surface area contributed by atoms with Gasteiger partial charge in [0, 0.05) is 12.6 Å². The molecule has 98 valence electrons. The average Bonchev–Trinajstić information content (AvgIpc) is 2.47. The van der Waals surface area contributed by atoms with Gasteiger partial charge in [-0.25, -0.2) is 0 Å². The molecule has 5 heteroatoms. The highest BCUT2D eigenvalue weighted by atomic mass is 16.6. The zero-order valence-electron chi connectivity index (χ0n) is 10.9. The fourth-order valence-corrected chi connectivity index (χ4v) is 2.08. The largest absolute Gasteiger partial charge is 0.486 e. The number of rotatable bonds is 2. The Balaban J connectivity index is 2.03. The zero-order valence-corrected chi connectivity index (χ0v) is 10.9. The van der Waals surface area contributed by atoms with Gasteiger partial charge in [0.2, 0.25) is 0 Å². The minimum Gasteiger partial charge on any atom is -0.486 e. The second kappa shape index (κ2) is 4.76. The SMILES string of the molecule is CNc1ccc(-c2cc3c(cc2C)OCCO3)nn1. The van der Waals surface area contributed by atoms with Gasteiger partial charge < -0.3 is 14.8 Å². The van der Waals surface area contributed by atoms with Crippen molar-refractivity contribution in [2.24, 2.45) is 0 Å². The Hall–Kier alpha value is -2.30. The Morgan fingerprint density at radius 1 is 1.05 bits per heavy atom. The summed E-state index contributed by atoms with van der Waals surface area (Å²) in [6.07, 6.45) is 0. The van der Waals surface area contributed by atoms with Gasteiger partial charge in [-0.05, 0) is 36.8 Å². The van der Waals surface area contributed by atoms with Gasteiger partial charge in [-0.15, -0.1) is 10.2 Å². The van der Waals surface area contributed by atoms with Gasteiger partial charge in [-0.1, -0.05) is 0 Å². The molecule has 0 amide bonds. The third-order valence-corrected chi connectivity index (χ3v) is 3.09. The highest BCUT2D eigenvalue weighted by molar-refractivity contribution is 5.68. The fourth-order valence-electron chi connectivity index (χ4n) is 2.08. The van der Waals surface area contributed by atoms with Crippen LogP contribution < -0.4 is 14.8 Å². The quantitative estimate of drug-likeness (QED) is 0.894. The van der Waals surface area contributed by atoms with Crippen LogP contribution in [-0.4, -0.2) is 30.5 Å². The van der Waals surface area contributed by atoms with E-state index in [0.29, 0.717) is 13.2 Å². The molecule has 19 heavy (non-hydrogen) atoms. The first kappa shape index (κ1) is 11.8. The molecule has 0 spiro atoms. The molecule has 5 nitrogen and oxygen atoms in total. The number of fused-ring (bicyclic) bond motifs is 1. The Kier molecular flexibility index (Phi) is 2.95. The third-order valence-electron chi connectivity index (χ3n) is 3.09. The summed E-state index contributed by atoms with van der Waals surface area (Å²) in [5.74, 6) is 2.32. The molecule has 0 aliphatic carbocycles. The zero-order chi connectivity index (χ0) is 13.2. The van der Waals surface area contributed by atoms with Crippen LogP contribution in [0.2, 0.25) is 0 Å². The van der Waals surface area contributed by atoms with Crippen LogP contribution in [0.15, 0.2) is 24.3 Å². The first-order chi connectivity index (χ1) is 9.28. The number of aromatic nitrogens is 2. The first-order valence-corrected chi connectivity index (χ1v) is 6.20. The third kappa shape index (κ3) is 2.19. The van der Waals surface area contributed by atoms with Gasteiger partial charge in [-0.2, -0.15) is 0 Å². The molecule has 0 fully saturated rings. The standard InChI is InChI=1S/C14H15N3O2/c1-9-7-12-13(19-6-5-18-12)8-10(9)11-3-4-14(15-2)17-16-11/h3-4,7-8H,5-6H2,1-2H3,(H,15,17). The molecule has 0 unspecified atom stereocenters. The molecular weight excluding hydrogens is 242 g/mol. The van der Waals surface area contributed by atoms with E-state index in [4.69, 9.17) is 9.47 Å². The van der Waals surface area contributed by atoms with Crippen LogP contribution in [-0.2, 0) is 0 Å². The Morgan fingerprint density at radius 3 is 2.42 bits per heavy atom. The van der Waals surface area contributed by atoms with E-state index in [1.807, 2.05) is 38.2 Å². The van der Waals surface area contributed by atoms with E-state index in [1.54, 1.807) is 0 Å². The molecule has 0 saturated carbocycles. The lowest BCUT2D eigenvalue weighted by molar-refractivity contribution is 0.171. The van der Waals surface area contributed by atoms with Crippen molar-refractivity contribution < 1.29 is 9.47 Å². The number of aryl methyl sites for hydroxylation is 1. The topological polar surface area (TPSA) is 56.3 Å².